The van der Waals surface area contributed by atoms with E-state index < -0.39 is 35.8 Å². The van der Waals surface area contributed by atoms with Crippen LogP contribution in [0.15, 0.2) is 36.5 Å². The largest absolute Gasteiger partial charge is 0.381 e. The summed E-state index contributed by atoms with van der Waals surface area (Å²) >= 11 is 0. The summed E-state index contributed by atoms with van der Waals surface area (Å²) in [5.74, 6) is -1.59. The molecular weight excluding hydrogens is 465 g/mol. The van der Waals surface area contributed by atoms with Crippen molar-refractivity contribution in [2.45, 2.75) is 51.2 Å². The number of carbonyl (C=O) groups excluding carboxylic acids is 3. The Labute approximate surface area is 209 Å². The SMILES string of the molecule is CN[C@@H](C)C(=O)NC(C(=O)N1c2ncccc2CC1C(=O)Nc1c(C)cccc1F)C1CCOCC1. The van der Waals surface area contributed by atoms with Gasteiger partial charge in [-0.15, -0.1) is 0 Å². The molecular formula is C26H32FN5O4. The van der Waals surface area contributed by atoms with E-state index in [1.807, 2.05) is 6.07 Å². The van der Waals surface area contributed by atoms with Crippen molar-refractivity contribution in [3.63, 3.8) is 0 Å². The second kappa shape index (κ2) is 11.1. The number of carbonyl (C=O) groups is 3. The smallest absolute Gasteiger partial charge is 0.251 e. The van der Waals surface area contributed by atoms with Crippen LogP contribution in [0, 0.1) is 18.7 Å². The molecule has 1 fully saturated rings. The lowest BCUT2D eigenvalue weighted by Gasteiger charge is -2.35. The highest BCUT2D eigenvalue weighted by molar-refractivity contribution is 6.09. The molecule has 1 saturated heterocycles. The van der Waals surface area contributed by atoms with Gasteiger partial charge >= 0.3 is 0 Å². The van der Waals surface area contributed by atoms with Gasteiger partial charge in [0.15, 0.2) is 0 Å². The zero-order valence-corrected chi connectivity index (χ0v) is 20.7. The van der Waals surface area contributed by atoms with Gasteiger partial charge in [-0.25, -0.2) is 9.37 Å². The molecule has 2 aliphatic rings. The van der Waals surface area contributed by atoms with Crippen molar-refractivity contribution in [1.29, 1.82) is 0 Å². The summed E-state index contributed by atoms with van der Waals surface area (Å²) in [6, 6.07) is 5.79. The van der Waals surface area contributed by atoms with Crippen molar-refractivity contribution in [3.05, 3.63) is 53.5 Å². The number of likely N-dealkylation sites (N-methyl/N-ethyl adjacent to an activating group) is 1. The lowest BCUT2D eigenvalue weighted by Crippen LogP contribution is -2.59. The van der Waals surface area contributed by atoms with E-state index in [0.29, 0.717) is 37.4 Å². The minimum Gasteiger partial charge on any atom is -0.381 e. The van der Waals surface area contributed by atoms with Crippen LogP contribution in [0.2, 0.25) is 0 Å². The monoisotopic (exact) mass is 497 g/mol. The van der Waals surface area contributed by atoms with Gasteiger partial charge < -0.3 is 20.7 Å². The lowest BCUT2D eigenvalue weighted by molar-refractivity contribution is -0.131. The zero-order valence-electron chi connectivity index (χ0n) is 20.7. The fraction of sp³-hybridized carbons (Fsp3) is 0.462. The Kier molecular flexibility index (Phi) is 7.95. The molecule has 3 atom stereocenters. The Morgan fingerprint density at radius 2 is 1.92 bits per heavy atom. The maximum absolute atomic E-state index is 14.5. The van der Waals surface area contributed by atoms with Crippen LogP contribution in [0.3, 0.4) is 0 Å². The number of amides is 3. The van der Waals surface area contributed by atoms with E-state index in [9.17, 15) is 18.8 Å². The van der Waals surface area contributed by atoms with Gasteiger partial charge in [-0.1, -0.05) is 18.2 Å². The summed E-state index contributed by atoms with van der Waals surface area (Å²) in [6.07, 6.45) is 2.98. The summed E-state index contributed by atoms with van der Waals surface area (Å²) in [4.78, 5) is 46.1. The van der Waals surface area contributed by atoms with Gasteiger partial charge in [0.05, 0.1) is 11.7 Å². The van der Waals surface area contributed by atoms with E-state index in [0.717, 1.165) is 5.56 Å². The fourth-order valence-electron chi connectivity index (χ4n) is 4.71. The van der Waals surface area contributed by atoms with E-state index in [-0.39, 0.29) is 23.9 Å². The van der Waals surface area contributed by atoms with Gasteiger partial charge in [0.1, 0.15) is 23.7 Å². The maximum atomic E-state index is 14.5. The predicted octanol–water partition coefficient (Wildman–Crippen LogP) is 1.94. The first-order chi connectivity index (χ1) is 17.3. The quantitative estimate of drug-likeness (QED) is 0.539. The van der Waals surface area contributed by atoms with Crippen molar-refractivity contribution in [2.24, 2.45) is 5.92 Å². The first-order valence-corrected chi connectivity index (χ1v) is 12.2. The number of nitrogens with one attached hydrogen (secondary N) is 3. The third-order valence-corrected chi connectivity index (χ3v) is 6.96. The number of pyridine rings is 1. The molecule has 0 radical (unpaired) electrons. The molecule has 3 heterocycles. The number of anilines is 2. The second-order valence-electron chi connectivity index (χ2n) is 9.28. The third-order valence-electron chi connectivity index (χ3n) is 6.96. The number of halogens is 1. The van der Waals surface area contributed by atoms with Gasteiger partial charge in [0, 0.05) is 25.8 Å². The molecule has 9 nitrogen and oxygen atoms in total. The Morgan fingerprint density at radius 3 is 2.61 bits per heavy atom. The normalized spacial score (nSPS) is 19.3. The van der Waals surface area contributed by atoms with Crippen LogP contribution in [0.25, 0.3) is 0 Å². The molecule has 1 aromatic carbocycles. The molecule has 10 heteroatoms. The van der Waals surface area contributed by atoms with Crippen LogP contribution < -0.4 is 20.9 Å². The molecule has 3 N–H and O–H groups in total. The van der Waals surface area contributed by atoms with Crippen molar-refractivity contribution < 1.29 is 23.5 Å². The number of ether oxygens (including phenoxy) is 1. The molecule has 0 spiro atoms. The van der Waals surface area contributed by atoms with Crippen LogP contribution in [0.5, 0.6) is 0 Å². The number of benzene rings is 1. The van der Waals surface area contributed by atoms with Gasteiger partial charge in [-0.05, 0) is 62.9 Å². The summed E-state index contributed by atoms with van der Waals surface area (Å²) < 4.78 is 19.9. The molecule has 2 aromatic rings. The second-order valence-corrected chi connectivity index (χ2v) is 9.28. The van der Waals surface area contributed by atoms with Crippen LogP contribution in [0.4, 0.5) is 15.9 Å². The van der Waals surface area contributed by atoms with Gasteiger partial charge in [0.25, 0.3) is 5.91 Å². The molecule has 36 heavy (non-hydrogen) atoms. The summed E-state index contributed by atoms with van der Waals surface area (Å²) in [5, 5.41) is 8.47. The number of aromatic nitrogens is 1. The molecule has 192 valence electrons. The number of hydrogen-bond acceptors (Lipinski definition) is 6. The molecule has 1 aromatic heterocycles. The van der Waals surface area contributed by atoms with E-state index in [4.69, 9.17) is 4.74 Å². The lowest BCUT2D eigenvalue weighted by atomic mass is 9.90. The minimum atomic E-state index is -0.942. The highest BCUT2D eigenvalue weighted by atomic mass is 19.1. The first kappa shape index (κ1) is 25.7. The molecule has 0 aliphatic carbocycles. The van der Waals surface area contributed by atoms with Crippen molar-refractivity contribution in [1.82, 2.24) is 15.6 Å². The number of aryl methyl sites for hydroxylation is 1. The average Bonchev–Trinajstić information content (AvgIpc) is 3.28. The zero-order chi connectivity index (χ0) is 25.8. The molecule has 2 unspecified atom stereocenters. The summed E-state index contributed by atoms with van der Waals surface area (Å²) in [7, 11) is 1.67. The molecule has 4 rings (SSSR count). The van der Waals surface area contributed by atoms with Gasteiger partial charge in [-0.3, -0.25) is 19.3 Å². The van der Waals surface area contributed by atoms with Crippen molar-refractivity contribution >= 4 is 29.2 Å². The highest BCUT2D eigenvalue weighted by Gasteiger charge is 2.44. The predicted molar refractivity (Wildman–Crippen MR) is 133 cm³/mol. The Morgan fingerprint density at radius 1 is 1.17 bits per heavy atom. The average molecular weight is 498 g/mol. The number of fused-ring (bicyclic) bond motifs is 1. The highest BCUT2D eigenvalue weighted by Crippen LogP contribution is 2.33. The van der Waals surface area contributed by atoms with E-state index in [1.54, 1.807) is 45.3 Å². The number of para-hydroxylation sites is 1. The summed E-state index contributed by atoms with van der Waals surface area (Å²) in [5.41, 5.74) is 1.39. The van der Waals surface area contributed by atoms with Gasteiger partial charge in [-0.2, -0.15) is 0 Å². The molecule has 0 bridgehead atoms. The number of rotatable bonds is 7. The van der Waals surface area contributed by atoms with Crippen LogP contribution in [-0.4, -0.2) is 61.1 Å². The van der Waals surface area contributed by atoms with E-state index in [1.165, 1.54) is 11.0 Å². The fourth-order valence-corrected chi connectivity index (χ4v) is 4.71. The molecule has 2 aliphatic heterocycles. The van der Waals surface area contributed by atoms with E-state index in [2.05, 4.69) is 20.9 Å². The van der Waals surface area contributed by atoms with Gasteiger partial charge in [0.2, 0.25) is 11.8 Å². The molecule has 0 saturated carbocycles. The third kappa shape index (κ3) is 5.24. The Hall–Kier alpha value is -3.37. The first-order valence-electron chi connectivity index (χ1n) is 12.2. The minimum absolute atomic E-state index is 0.0796. The standard InChI is InChI=1S/C26H32FN5O4/c1-15-6-4-8-19(27)21(15)30-25(34)20-14-18-7-5-11-29-23(18)32(20)26(35)22(17-9-12-36-13-10-17)31-24(33)16(2)28-3/h4-8,11,16-17,20,22,28H,9-10,12-14H2,1-3H3,(H,30,34)(H,31,33)/t16-,20?,22?/m0/s1. The van der Waals surface area contributed by atoms with Crippen molar-refractivity contribution in [3.8, 4) is 0 Å². The number of nitrogens with zero attached hydrogens (tertiary/aromatic N) is 2. The van der Waals surface area contributed by atoms with E-state index >= 15 is 0 Å². The van der Waals surface area contributed by atoms with Crippen molar-refractivity contribution in [2.75, 3.05) is 30.5 Å². The van der Waals surface area contributed by atoms with Crippen LogP contribution in [-0.2, 0) is 25.5 Å². The summed E-state index contributed by atoms with van der Waals surface area (Å²) in [6.45, 7) is 4.38. The topological polar surface area (TPSA) is 113 Å². The molecule has 3 amide bonds. The maximum Gasteiger partial charge on any atom is 0.251 e. The number of hydrogen-bond donors (Lipinski definition) is 3. The van der Waals surface area contributed by atoms with Crippen LogP contribution >= 0.6 is 0 Å². The Bertz CT molecular complexity index is 1120. The van der Waals surface area contributed by atoms with Crippen LogP contribution in [0.1, 0.15) is 30.9 Å². The Balaban J connectivity index is 1.67.